The van der Waals surface area contributed by atoms with Crippen LogP contribution in [0.25, 0.3) is 0 Å². The van der Waals surface area contributed by atoms with E-state index in [4.69, 9.17) is 14.2 Å². The van der Waals surface area contributed by atoms with E-state index in [0.717, 1.165) is 96.3 Å². The standard InChI is InChI=1S/C60H110O6/c1-4-7-10-13-16-19-22-25-28-29-30-33-35-38-41-44-47-50-53-59(62)65-56-57(66-60(63)54-51-48-45-42-39-36-32-27-24-21-18-15-12-9-6-3)55-64-58(61)52-49-46-43-40-37-34-31-26-23-20-17-14-11-8-5-2/h9,12,18,21,27,32,57H,4-8,10-11,13-17,19-20,22-26,28-31,33-56H2,1-3H3/b12-9+,21-18+,32-27+/t57-/m1/s1. The van der Waals surface area contributed by atoms with E-state index in [0.29, 0.717) is 19.3 Å². The predicted molar refractivity (Wildman–Crippen MR) is 284 cm³/mol. The molecule has 0 aliphatic carbocycles. The van der Waals surface area contributed by atoms with Gasteiger partial charge in [0.1, 0.15) is 13.2 Å². The highest BCUT2D eigenvalue weighted by molar-refractivity contribution is 5.71. The van der Waals surface area contributed by atoms with Crippen molar-refractivity contribution in [2.75, 3.05) is 13.2 Å². The molecule has 0 spiro atoms. The van der Waals surface area contributed by atoms with Gasteiger partial charge in [0, 0.05) is 19.3 Å². The zero-order chi connectivity index (χ0) is 47.9. The number of allylic oxidation sites excluding steroid dienone is 6. The van der Waals surface area contributed by atoms with Gasteiger partial charge in [-0.05, 0) is 51.4 Å². The molecule has 0 N–H and O–H groups in total. The molecule has 0 aliphatic heterocycles. The van der Waals surface area contributed by atoms with Crippen LogP contribution in [-0.4, -0.2) is 37.2 Å². The van der Waals surface area contributed by atoms with E-state index in [2.05, 4.69) is 57.2 Å². The van der Waals surface area contributed by atoms with Gasteiger partial charge in [0.2, 0.25) is 0 Å². The van der Waals surface area contributed by atoms with Crippen molar-refractivity contribution < 1.29 is 28.6 Å². The molecule has 0 unspecified atom stereocenters. The van der Waals surface area contributed by atoms with E-state index in [-0.39, 0.29) is 31.1 Å². The molecule has 0 fully saturated rings. The zero-order valence-electron chi connectivity index (χ0n) is 44.2. The normalized spacial score (nSPS) is 12.2. The van der Waals surface area contributed by atoms with E-state index < -0.39 is 6.10 Å². The lowest BCUT2D eigenvalue weighted by atomic mass is 10.0. The van der Waals surface area contributed by atoms with Crippen LogP contribution in [0, 0.1) is 0 Å². The third-order valence-corrected chi connectivity index (χ3v) is 12.9. The topological polar surface area (TPSA) is 78.9 Å². The highest BCUT2D eigenvalue weighted by Gasteiger charge is 2.19. The summed E-state index contributed by atoms with van der Waals surface area (Å²) in [7, 11) is 0. The minimum atomic E-state index is -0.777. The van der Waals surface area contributed by atoms with Crippen LogP contribution in [0.15, 0.2) is 36.5 Å². The maximum atomic E-state index is 12.8. The van der Waals surface area contributed by atoms with Crippen LogP contribution in [0.1, 0.15) is 310 Å². The summed E-state index contributed by atoms with van der Waals surface area (Å²) in [6.07, 6.45) is 65.6. The summed E-state index contributed by atoms with van der Waals surface area (Å²) in [5, 5.41) is 0. The molecule has 386 valence electrons. The molecule has 0 aromatic rings. The number of carbonyl (C=O) groups is 3. The first-order chi connectivity index (χ1) is 32.5. The van der Waals surface area contributed by atoms with Crippen LogP contribution >= 0.6 is 0 Å². The lowest BCUT2D eigenvalue weighted by Gasteiger charge is -2.18. The number of rotatable bonds is 53. The van der Waals surface area contributed by atoms with Gasteiger partial charge in [-0.15, -0.1) is 0 Å². The van der Waals surface area contributed by atoms with E-state index in [9.17, 15) is 14.4 Å². The first kappa shape index (κ1) is 63.6. The number of unbranched alkanes of at least 4 members (excludes halogenated alkanes) is 36. The SMILES string of the molecule is CC/C=C/C/C=C/C/C=C/CCCCCCCC(=O)O[C@H](COC(=O)CCCCCCCCCCCCCCCCC)COC(=O)CCCCCCCCCCCCCCCCCCCC. The van der Waals surface area contributed by atoms with Crippen molar-refractivity contribution in [3.63, 3.8) is 0 Å². The number of hydrogen-bond acceptors (Lipinski definition) is 6. The summed E-state index contributed by atoms with van der Waals surface area (Å²) in [5.41, 5.74) is 0. The predicted octanol–water partition coefficient (Wildman–Crippen LogP) is 19.3. The lowest BCUT2D eigenvalue weighted by Crippen LogP contribution is -2.30. The summed E-state index contributed by atoms with van der Waals surface area (Å²) in [5.74, 6) is -0.871. The average Bonchev–Trinajstić information content (AvgIpc) is 3.31. The average molecular weight is 928 g/mol. The van der Waals surface area contributed by atoms with Crippen LogP contribution in [0.2, 0.25) is 0 Å². The number of hydrogen-bond donors (Lipinski definition) is 0. The Hall–Kier alpha value is -2.37. The van der Waals surface area contributed by atoms with Crippen molar-refractivity contribution in [3.05, 3.63) is 36.5 Å². The Balaban J connectivity index is 4.34. The third kappa shape index (κ3) is 52.6. The van der Waals surface area contributed by atoms with Gasteiger partial charge in [0.15, 0.2) is 6.10 Å². The fourth-order valence-corrected chi connectivity index (χ4v) is 8.58. The van der Waals surface area contributed by atoms with Gasteiger partial charge in [0.05, 0.1) is 0 Å². The molecule has 6 heteroatoms. The number of carbonyl (C=O) groups excluding carboxylic acids is 3. The fraction of sp³-hybridized carbons (Fsp3) is 0.850. The van der Waals surface area contributed by atoms with Gasteiger partial charge in [-0.25, -0.2) is 0 Å². The van der Waals surface area contributed by atoms with Gasteiger partial charge in [-0.1, -0.05) is 276 Å². The van der Waals surface area contributed by atoms with Crippen LogP contribution < -0.4 is 0 Å². The monoisotopic (exact) mass is 927 g/mol. The van der Waals surface area contributed by atoms with Crippen molar-refractivity contribution in [2.45, 2.75) is 316 Å². The molecule has 0 saturated heterocycles. The van der Waals surface area contributed by atoms with E-state index >= 15 is 0 Å². The second-order valence-electron chi connectivity index (χ2n) is 19.5. The minimum absolute atomic E-state index is 0.0743. The summed E-state index contributed by atoms with van der Waals surface area (Å²) in [6.45, 7) is 6.56. The highest BCUT2D eigenvalue weighted by atomic mass is 16.6. The molecule has 0 aliphatic rings. The molecular formula is C60H110O6. The molecule has 0 rings (SSSR count). The molecule has 0 aromatic heterocycles. The number of ether oxygens (including phenoxy) is 3. The van der Waals surface area contributed by atoms with E-state index in [1.54, 1.807) is 0 Å². The van der Waals surface area contributed by atoms with Crippen molar-refractivity contribution in [3.8, 4) is 0 Å². The maximum Gasteiger partial charge on any atom is 0.306 e. The minimum Gasteiger partial charge on any atom is -0.462 e. The molecule has 0 saturated carbocycles. The number of esters is 3. The second-order valence-corrected chi connectivity index (χ2v) is 19.5. The van der Waals surface area contributed by atoms with Crippen molar-refractivity contribution in [1.29, 1.82) is 0 Å². The Bertz CT molecular complexity index is 1110. The van der Waals surface area contributed by atoms with Crippen molar-refractivity contribution in [2.24, 2.45) is 0 Å². The smallest absolute Gasteiger partial charge is 0.306 e. The quantitative estimate of drug-likeness (QED) is 0.0262. The molecule has 0 bridgehead atoms. The molecule has 0 aromatic carbocycles. The summed E-state index contributed by atoms with van der Waals surface area (Å²) in [4.78, 5) is 38.1. The summed E-state index contributed by atoms with van der Waals surface area (Å²) in [6, 6.07) is 0. The zero-order valence-corrected chi connectivity index (χ0v) is 44.2. The Morgan fingerprint density at radius 3 is 0.924 bits per heavy atom. The Morgan fingerprint density at radius 1 is 0.318 bits per heavy atom. The van der Waals surface area contributed by atoms with E-state index in [1.807, 2.05) is 0 Å². The Kier molecular flexibility index (Phi) is 53.2. The van der Waals surface area contributed by atoms with Crippen LogP contribution in [0.3, 0.4) is 0 Å². The Morgan fingerprint density at radius 2 is 0.591 bits per heavy atom. The van der Waals surface area contributed by atoms with Gasteiger partial charge in [0.25, 0.3) is 0 Å². The van der Waals surface area contributed by atoms with Crippen molar-refractivity contribution in [1.82, 2.24) is 0 Å². The molecule has 0 amide bonds. The first-order valence-corrected chi connectivity index (χ1v) is 29.0. The molecule has 0 radical (unpaired) electrons. The molecule has 0 heterocycles. The van der Waals surface area contributed by atoms with Crippen LogP contribution in [0.4, 0.5) is 0 Å². The Labute approximate surface area is 410 Å². The molecule has 6 nitrogen and oxygen atoms in total. The third-order valence-electron chi connectivity index (χ3n) is 12.9. The maximum absolute atomic E-state index is 12.8. The summed E-state index contributed by atoms with van der Waals surface area (Å²) < 4.78 is 16.9. The van der Waals surface area contributed by atoms with Gasteiger partial charge in [-0.3, -0.25) is 14.4 Å². The van der Waals surface area contributed by atoms with Gasteiger partial charge >= 0.3 is 17.9 Å². The van der Waals surface area contributed by atoms with Crippen molar-refractivity contribution >= 4 is 17.9 Å². The molecular weight excluding hydrogens is 817 g/mol. The molecule has 66 heavy (non-hydrogen) atoms. The van der Waals surface area contributed by atoms with Crippen LogP contribution in [-0.2, 0) is 28.6 Å². The van der Waals surface area contributed by atoms with Gasteiger partial charge < -0.3 is 14.2 Å². The van der Waals surface area contributed by atoms with Crippen LogP contribution in [0.5, 0.6) is 0 Å². The fourth-order valence-electron chi connectivity index (χ4n) is 8.58. The van der Waals surface area contributed by atoms with Gasteiger partial charge in [-0.2, -0.15) is 0 Å². The lowest BCUT2D eigenvalue weighted by molar-refractivity contribution is -0.167. The van der Waals surface area contributed by atoms with E-state index in [1.165, 1.54) is 173 Å². The molecule has 1 atom stereocenters. The largest absolute Gasteiger partial charge is 0.462 e. The second kappa shape index (κ2) is 55.2. The first-order valence-electron chi connectivity index (χ1n) is 29.0. The highest BCUT2D eigenvalue weighted by Crippen LogP contribution is 2.17. The summed E-state index contributed by atoms with van der Waals surface area (Å²) >= 11 is 0.